The lowest BCUT2D eigenvalue weighted by molar-refractivity contribution is 0.0941. The summed E-state index contributed by atoms with van der Waals surface area (Å²) in [5, 5.41) is 10.3. The predicted octanol–water partition coefficient (Wildman–Crippen LogP) is 2.13. The van der Waals surface area contributed by atoms with E-state index in [0.717, 1.165) is 17.8 Å². The highest BCUT2D eigenvalue weighted by Gasteiger charge is 2.16. The van der Waals surface area contributed by atoms with Gasteiger partial charge < -0.3 is 25.9 Å². The van der Waals surface area contributed by atoms with Crippen molar-refractivity contribution in [3.63, 3.8) is 0 Å². The summed E-state index contributed by atoms with van der Waals surface area (Å²) in [4.78, 5) is 32.6. The molecule has 1 amide bonds. The number of H-pyrrole nitrogens is 1. The molecule has 0 aliphatic carbocycles. The number of hydrogen-bond acceptors (Lipinski definition) is 8. The number of fused-ring (bicyclic) bond motifs is 2. The summed E-state index contributed by atoms with van der Waals surface area (Å²) in [6, 6.07) is 3.83. The van der Waals surface area contributed by atoms with Gasteiger partial charge in [0.25, 0.3) is 5.91 Å². The average molecular weight is 495 g/mol. The van der Waals surface area contributed by atoms with Gasteiger partial charge in [-0.05, 0) is 19.9 Å². The maximum Gasteiger partial charge on any atom is 0.269 e. The lowest BCUT2D eigenvalue weighted by atomic mass is 10.3. The van der Waals surface area contributed by atoms with Crippen LogP contribution < -0.4 is 16.4 Å². The van der Waals surface area contributed by atoms with Gasteiger partial charge in [0, 0.05) is 31.8 Å². The standard InChI is InChI=1S/C22H23F2N11O/c1-3-35-16(6-11(2)33-35)21(36)26-4-5-34-10-28-18-19(31-22(25)32-20(18)34)27-9-17-29-14-7-12(23)13(24)8-15(14)30-17/h6-8,10H,3-5,9H2,1-2H3,(H,26,36)(H,29,30)(H3,25,27,31,32). The minimum Gasteiger partial charge on any atom is -0.368 e. The number of hydrogen-bond donors (Lipinski definition) is 4. The fourth-order valence-electron chi connectivity index (χ4n) is 3.91. The maximum absolute atomic E-state index is 13.5. The van der Waals surface area contributed by atoms with Gasteiger partial charge in [0.1, 0.15) is 11.5 Å². The van der Waals surface area contributed by atoms with E-state index in [2.05, 4.69) is 40.7 Å². The van der Waals surface area contributed by atoms with Crippen molar-refractivity contribution in [1.82, 2.24) is 44.6 Å². The fourth-order valence-corrected chi connectivity index (χ4v) is 3.91. The minimum atomic E-state index is -0.966. The lowest BCUT2D eigenvalue weighted by Gasteiger charge is -2.09. The van der Waals surface area contributed by atoms with Crippen molar-refractivity contribution in [2.75, 3.05) is 17.6 Å². The molecule has 5 N–H and O–H groups in total. The fraction of sp³-hybridized carbons (Fsp3) is 0.273. The predicted molar refractivity (Wildman–Crippen MR) is 128 cm³/mol. The summed E-state index contributed by atoms with van der Waals surface area (Å²) in [7, 11) is 0. The van der Waals surface area contributed by atoms with E-state index in [1.807, 2.05) is 13.8 Å². The van der Waals surface area contributed by atoms with Crippen molar-refractivity contribution >= 4 is 39.9 Å². The molecule has 0 saturated carbocycles. The van der Waals surface area contributed by atoms with Crippen LogP contribution in [0.25, 0.3) is 22.2 Å². The number of carbonyl (C=O) groups excluding carboxylic acids is 1. The molecule has 0 fully saturated rings. The molecule has 5 rings (SSSR count). The van der Waals surface area contributed by atoms with Crippen molar-refractivity contribution < 1.29 is 13.6 Å². The highest BCUT2D eigenvalue weighted by molar-refractivity contribution is 5.92. The SMILES string of the molecule is CCn1nc(C)cc1C(=O)NCCn1cnc2c(NCc3nc4cc(F)c(F)cc4[nH]3)nc(N)nc21. The van der Waals surface area contributed by atoms with E-state index in [4.69, 9.17) is 5.73 Å². The van der Waals surface area contributed by atoms with Crippen molar-refractivity contribution in [1.29, 1.82) is 0 Å². The third kappa shape index (κ3) is 4.39. The number of nitrogens with zero attached hydrogens (tertiary/aromatic N) is 7. The largest absolute Gasteiger partial charge is 0.368 e. The molecule has 0 saturated heterocycles. The Kier molecular flexibility index (Phi) is 5.91. The first kappa shape index (κ1) is 23.1. The summed E-state index contributed by atoms with van der Waals surface area (Å²) in [6.45, 7) is 5.26. The van der Waals surface area contributed by atoms with Crippen LogP contribution >= 0.6 is 0 Å². The molecule has 4 aromatic heterocycles. The topological polar surface area (TPSA) is 157 Å². The van der Waals surface area contributed by atoms with Crippen molar-refractivity contribution in [2.45, 2.75) is 33.5 Å². The second kappa shape index (κ2) is 9.20. The zero-order valence-corrected chi connectivity index (χ0v) is 19.5. The van der Waals surface area contributed by atoms with E-state index in [-0.39, 0.29) is 18.4 Å². The number of nitrogen functional groups attached to an aromatic ring is 1. The first-order valence-corrected chi connectivity index (χ1v) is 11.2. The van der Waals surface area contributed by atoms with Gasteiger partial charge >= 0.3 is 0 Å². The van der Waals surface area contributed by atoms with Crippen molar-refractivity contribution in [3.05, 3.63) is 53.4 Å². The molecule has 12 nitrogen and oxygen atoms in total. The molecule has 0 radical (unpaired) electrons. The molecular weight excluding hydrogens is 472 g/mol. The van der Waals surface area contributed by atoms with Gasteiger partial charge in [-0.15, -0.1) is 0 Å². The van der Waals surface area contributed by atoms with Gasteiger partial charge in [-0.2, -0.15) is 15.1 Å². The molecular formula is C22H23F2N11O. The van der Waals surface area contributed by atoms with Gasteiger partial charge in [-0.1, -0.05) is 0 Å². The summed E-state index contributed by atoms with van der Waals surface area (Å²) in [5.41, 5.74) is 8.84. The molecule has 5 aromatic rings. The van der Waals surface area contributed by atoms with E-state index in [1.54, 1.807) is 21.6 Å². The molecule has 0 aliphatic heterocycles. The number of aryl methyl sites for hydroxylation is 2. The van der Waals surface area contributed by atoms with Crippen LogP contribution in [0.1, 0.15) is 28.9 Å². The van der Waals surface area contributed by atoms with Gasteiger partial charge in [-0.25, -0.2) is 18.7 Å². The number of nitrogens with one attached hydrogen (secondary N) is 3. The lowest BCUT2D eigenvalue weighted by Crippen LogP contribution is -2.29. The van der Waals surface area contributed by atoms with E-state index in [9.17, 15) is 13.6 Å². The summed E-state index contributed by atoms with van der Waals surface area (Å²) < 4.78 is 30.4. The Morgan fingerprint density at radius 2 is 1.97 bits per heavy atom. The highest BCUT2D eigenvalue weighted by Crippen LogP contribution is 2.21. The van der Waals surface area contributed by atoms with Crippen LogP contribution in [0.15, 0.2) is 24.5 Å². The first-order chi connectivity index (χ1) is 17.3. The molecule has 4 heterocycles. The summed E-state index contributed by atoms with van der Waals surface area (Å²) in [5.74, 6) is -1.28. The van der Waals surface area contributed by atoms with Gasteiger partial charge in [-0.3, -0.25) is 9.48 Å². The Labute approximate surface area is 203 Å². The maximum atomic E-state index is 13.5. The van der Waals surface area contributed by atoms with E-state index >= 15 is 0 Å². The number of benzene rings is 1. The Balaban J connectivity index is 1.29. The summed E-state index contributed by atoms with van der Waals surface area (Å²) >= 11 is 0. The zero-order valence-electron chi connectivity index (χ0n) is 19.5. The van der Waals surface area contributed by atoms with Gasteiger partial charge in [0.15, 0.2) is 28.6 Å². The number of halogens is 2. The van der Waals surface area contributed by atoms with Crippen molar-refractivity contribution in [3.8, 4) is 0 Å². The third-order valence-corrected chi connectivity index (χ3v) is 5.55. The van der Waals surface area contributed by atoms with Crippen LogP contribution in [0.5, 0.6) is 0 Å². The molecule has 0 unspecified atom stereocenters. The second-order valence-corrected chi connectivity index (χ2v) is 8.10. The van der Waals surface area contributed by atoms with Crippen molar-refractivity contribution in [2.24, 2.45) is 0 Å². The Morgan fingerprint density at radius 3 is 2.78 bits per heavy atom. The molecule has 14 heteroatoms. The van der Waals surface area contributed by atoms with Crippen LogP contribution in [-0.4, -0.2) is 51.7 Å². The normalized spacial score (nSPS) is 11.4. The monoisotopic (exact) mass is 495 g/mol. The number of nitrogens with two attached hydrogens (primary N) is 1. The van der Waals surface area contributed by atoms with Gasteiger partial charge in [0.05, 0.1) is 29.6 Å². The molecule has 0 aliphatic rings. The van der Waals surface area contributed by atoms with E-state index < -0.39 is 11.6 Å². The molecule has 36 heavy (non-hydrogen) atoms. The number of carbonyl (C=O) groups is 1. The molecule has 0 atom stereocenters. The second-order valence-electron chi connectivity index (χ2n) is 8.10. The smallest absolute Gasteiger partial charge is 0.269 e. The number of rotatable bonds is 8. The first-order valence-electron chi connectivity index (χ1n) is 11.2. The van der Waals surface area contributed by atoms with Crippen LogP contribution in [0, 0.1) is 18.6 Å². The van der Waals surface area contributed by atoms with E-state index in [0.29, 0.717) is 59.2 Å². The zero-order chi connectivity index (χ0) is 25.4. The number of amides is 1. The summed E-state index contributed by atoms with van der Waals surface area (Å²) in [6.07, 6.45) is 1.59. The van der Waals surface area contributed by atoms with Crippen LogP contribution in [-0.2, 0) is 19.6 Å². The molecule has 0 bridgehead atoms. The average Bonchev–Trinajstić information content (AvgIpc) is 3.54. The Bertz CT molecular complexity index is 1550. The van der Waals surface area contributed by atoms with Crippen LogP contribution in [0.3, 0.4) is 0 Å². The molecule has 1 aromatic carbocycles. The van der Waals surface area contributed by atoms with Crippen LogP contribution in [0.2, 0.25) is 0 Å². The van der Waals surface area contributed by atoms with Crippen LogP contribution in [0.4, 0.5) is 20.5 Å². The Morgan fingerprint density at radius 1 is 1.17 bits per heavy atom. The quantitative estimate of drug-likeness (QED) is 0.255. The number of aromatic nitrogens is 8. The molecule has 0 spiro atoms. The highest BCUT2D eigenvalue weighted by atomic mass is 19.2. The number of imidazole rings is 2. The molecule has 186 valence electrons. The number of anilines is 2. The third-order valence-electron chi connectivity index (χ3n) is 5.55. The number of aromatic amines is 1. The minimum absolute atomic E-state index is 0.0341. The van der Waals surface area contributed by atoms with Gasteiger partial charge in [0.2, 0.25) is 5.95 Å². The Hall–Kier alpha value is -4.62. The van der Waals surface area contributed by atoms with E-state index in [1.165, 1.54) is 0 Å².